The molecule has 0 saturated carbocycles. The Morgan fingerprint density at radius 3 is 2.88 bits per heavy atom. The Morgan fingerprint density at radius 2 is 2.19 bits per heavy atom. The topological polar surface area (TPSA) is 115 Å². The molecule has 138 valence electrons. The van der Waals surface area contributed by atoms with Gasteiger partial charge in [0.2, 0.25) is 5.89 Å². The van der Waals surface area contributed by atoms with Crippen LogP contribution in [0.3, 0.4) is 0 Å². The summed E-state index contributed by atoms with van der Waals surface area (Å²) in [7, 11) is 0. The van der Waals surface area contributed by atoms with Gasteiger partial charge in [0.1, 0.15) is 17.6 Å². The molecule has 3 rings (SSSR count). The number of H-pyrrole nitrogens is 1. The third-order valence-electron chi connectivity index (χ3n) is 3.99. The molecule has 0 aromatic carbocycles. The minimum absolute atomic E-state index is 0.300. The minimum Gasteiger partial charge on any atom is -0.339 e. The van der Waals surface area contributed by atoms with Gasteiger partial charge >= 0.3 is 0 Å². The van der Waals surface area contributed by atoms with Gasteiger partial charge in [-0.1, -0.05) is 25.9 Å². The van der Waals surface area contributed by atoms with Gasteiger partial charge in [-0.05, 0) is 13.0 Å². The average molecular weight is 357 g/mol. The second-order valence-electron chi connectivity index (χ2n) is 6.44. The number of nitrogens with zero attached hydrogens (tertiary/aromatic N) is 5. The summed E-state index contributed by atoms with van der Waals surface area (Å²) < 4.78 is 7.19. The molecule has 3 aromatic heterocycles. The van der Waals surface area contributed by atoms with Crippen LogP contribution >= 0.6 is 0 Å². The number of aromatic amines is 1. The van der Waals surface area contributed by atoms with Gasteiger partial charge in [-0.2, -0.15) is 10.1 Å². The Labute approximate surface area is 151 Å². The standard InChI is InChI=1S/C17H23N7O2/c1-5-14-20-17(26-23-14)11(4)19-16(25)13-8-12(21-22-13)9-24-7-6-18-15(24)10(2)3/h6-8,10-11H,5,9H2,1-4H3,(H,19,25)(H,21,22). The summed E-state index contributed by atoms with van der Waals surface area (Å²) in [6.45, 7) is 8.49. The van der Waals surface area contributed by atoms with Gasteiger partial charge in [0, 0.05) is 24.7 Å². The van der Waals surface area contributed by atoms with Crippen LogP contribution in [-0.2, 0) is 13.0 Å². The van der Waals surface area contributed by atoms with Crippen molar-refractivity contribution in [1.29, 1.82) is 0 Å². The molecule has 1 unspecified atom stereocenters. The lowest BCUT2D eigenvalue weighted by molar-refractivity contribution is 0.0927. The minimum atomic E-state index is -0.392. The van der Waals surface area contributed by atoms with E-state index >= 15 is 0 Å². The van der Waals surface area contributed by atoms with Crippen LogP contribution in [0.1, 0.15) is 73.4 Å². The van der Waals surface area contributed by atoms with Gasteiger partial charge in [0.15, 0.2) is 5.82 Å². The van der Waals surface area contributed by atoms with E-state index in [0.29, 0.717) is 36.3 Å². The highest BCUT2D eigenvalue weighted by atomic mass is 16.5. The second-order valence-corrected chi connectivity index (χ2v) is 6.44. The first-order valence-electron chi connectivity index (χ1n) is 8.66. The molecular formula is C17H23N7O2. The number of aryl methyl sites for hydroxylation is 1. The molecule has 0 spiro atoms. The Hall–Kier alpha value is -2.97. The summed E-state index contributed by atoms with van der Waals surface area (Å²) in [5.74, 6) is 2.00. The molecule has 0 aliphatic carbocycles. The lowest BCUT2D eigenvalue weighted by Crippen LogP contribution is -2.27. The molecular weight excluding hydrogens is 334 g/mol. The van der Waals surface area contributed by atoms with Gasteiger partial charge in [-0.3, -0.25) is 9.89 Å². The first-order chi connectivity index (χ1) is 12.5. The van der Waals surface area contributed by atoms with Crippen LogP contribution in [0.2, 0.25) is 0 Å². The predicted octanol–water partition coefficient (Wildman–Crippen LogP) is 2.21. The van der Waals surface area contributed by atoms with E-state index in [-0.39, 0.29) is 5.91 Å². The number of carbonyl (C=O) groups is 1. The van der Waals surface area contributed by atoms with Crippen molar-refractivity contribution in [3.05, 3.63) is 47.4 Å². The zero-order valence-electron chi connectivity index (χ0n) is 15.4. The maximum Gasteiger partial charge on any atom is 0.272 e. The smallest absolute Gasteiger partial charge is 0.272 e. The highest BCUT2D eigenvalue weighted by molar-refractivity contribution is 5.92. The molecule has 1 amide bonds. The van der Waals surface area contributed by atoms with Crippen LogP contribution < -0.4 is 5.32 Å². The summed E-state index contributed by atoms with van der Waals surface area (Å²) in [4.78, 5) is 21.0. The first-order valence-corrected chi connectivity index (χ1v) is 8.66. The molecule has 1 atom stereocenters. The highest BCUT2D eigenvalue weighted by Crippen LogP contribution is 2.14. The van der Waals surface area contributed by atoms with Crippen LogP contribution in [0.5, 0.6) is 0 Å². The molecule has 3 heterocycles. The summed E-state index contributed by atoms with van der Waals surface area (Å²) in [6.07, 6.45) is 4.37. The molecule has 9 nitrogen and oxygen atoms in total. The van der Waals surface area contributed by atoms with Gasteiger partial charge in [0.05, 0.1) is 12.2 Å². The van der Waals surface area contributed by atoms with Crippen LogP contribution in [0.25, 0.3) is 0 Å². The van der Waals surface area contributed by atoms with Crippen molar-refractivity contribution in [1.82, 2.24) is 35.2 Å². The maximum atomic E-state index is 12.4. The van der Waals surface area contributed by atoms with Gasteiger partial charge in [-0.15, -0.1) is 0 Å². The molecule has 0 aliphatic rings. The number of aromatic nitrogens is 6. The van der Waals surface area contributed by atoms with Crippen LogP contribution in [0, 0.1) is 0 Å². The fraction of sp³-hybridized carbons (Fsp3) is 0.471. The lowest BCUT2D eigenvalue weighted by Gasteiger charge is -2.08. The van der Waals surface area contributed by atoms with E-state index in [1.165, 1.54) is 0 Å². The molecule has 0 aliphatic heterocycles. The fourth-order valence-electron chi connectivity index (χ4n) is 2.62. The summed E-state index contributed by atoms with van der Waals surface area (Å²) in [6, 6.07) is 1.34. The summed E-state index contributed by atoms with van der Waals surface area (Å²) >= 11 is 0. The van der Waals surface area contributed by atoms with E-state index in [1.54, 1.807) is 19.2 Å². The second kappa shape index (κ2) is 7.51. The number of carbonyl (C=O) groups excluding carboxylic acids is 1. The van der Waals surface area contributed by atoms with Crippen molar-refractivity contribution in [2.24, 2.45) is 0 Å². The Balaban J connectivity index is 1.65. The quantitative estimate of drug-likeness (QED) is 0.670. The van der Waals surface area contributed by atoms with E-state index in [2.05, 4.69) is 44.5 Å². The SMILES string of the molecule is CCc1noc(C(C)NC(=O)c2cc(Cn3ccnc3C(C)C)[nH]n2)n1. The number of amides is 1. The number of rotatable bonds is 7. The van der Waals surface area contributed by atoms with E-state index in [4.69, 9.17) is 4.52 Å². The highest BCUT2D eigenvalue weighted by Gasteiger charge is 2.19. The lowest BCUT2D eigenvalue weighted by atomic mass is 10.2. The van der Waals surface area contributed by atoms with E-state index in [9.17, 15) is 4.79 Å². The van der Waals surface area contributed by atoms with Crippen LogP contribution in [0.4, 0.5) is 0 Å². The summed E-state index contributed by atoms with van der Waals surface area (Å²) in [5.41, 5.74) is 1.14. The Kier molecular flexibility index (Phi) is 5.15. The van der Waals surface area contributed by atoms with Crippen molar-refractivity contribution in [3.8, 4) is 0 Å². The average Bonchev–Trinajstić information content (AvgIpc) is 3.35. The zero-order valence-corrected chi connectivity index (χ0v) is 15.4. The number of nitrogens with one attached hydrogen (secondary N) is 2. The van der Waals surface area contributed by atoms with Crippen LogP contribution in [-0.4, -0.2) is 35.8 Å². The fourth-order valence-corrected chi connectivity index (χ4v) is 2.62. The predicted molar refractivity (Wildman–Crippen MR) is 93.6 cm³/mol. The van der Waals surface area contributed by atoms with E-state index in [1.807, 2.05) is 17.7 Å². The van der Waals surface area contributed by atoms with Gasteiger partial charge < -0.3 is 14.4 Å². The van der Waals surface area contributed by atoms with Crippen molar-refractivity contribution in [2.45, 2.75) is 52.6 Å². The first kappa shape index (κ1) is 17.8. The van der Waals surface area contributed by atoms with E-state index < -0.39 is 6.04 Å². The normalized spacial score (nSPS) is 12.5. The number of hydrogen-bond acceptors (Lipinski definition) is 6. The zero-order chi connectivity index (χ0) is 18.7. The Morgan fingerprint density at radius 1 is 1.38 bits per heavy atom. The molecule has 9 heteroatoms. The summed E-state index contributed by atoms with van der Waals surface area (Å²) in [5, 5.41) is 13.7. The molecule has 2 N–H and O–H groups in total. The molecule has 3 aromatic rings. The van der Waals surface area contributed by atoms with Gasteiger partial charge in [-0.25, -0.2) is 4.98 Å². The van der Waals surface area contributed by atoms with Crippen molar-refractivity contribution in [3.63, 3.8) is 0 Å². The number of imidazole rings is 1. The van der Waals surface area contributed by atoms with Crippen LogP contribution in [0.15, 0.2) is 23.0 Å². The largest absolute Gasteiger partial charge is 0.339 e. The van der Waals surface area contributed by atoms with Crippen molar-refractivity contribution >= 4 is 5.91 Å². The molecule has 0 saturated heterocycles. The molecule has 26 heavy (non-hydrogen) atoms. The van der Waals surface area contributed by atoms with E-state index in [0.717, 1.165) is 11.5 Å². The van der Waals surface area contributed by atoms with Crippen molar-refractivity contribution in [2.75, 3.05) is 0 Å². The third kappa shape index (κ3) is 3.81. The van der Waals surface area contributed by atoms with Gasteiger partial charge in [0.25, 0.3) is 5.91 Å². The Bertz CT molecular complexity index is 877. The molecule has 0 radical (unpaired) electrons. The number of hydrogen-bond donors (Lipinski definition) is 2. The monoisotopic (exact) mass is 357 g/mol. The molecule has 0 bridgehead atoms. The third-order valence-corrected chi connectivity index (χ3v) is 3.99. The maximum absolute atomic E-state index is 12.4. The molecule has 0 fully saturated rings. The van der Waals surface area contributed by atoms with Crippen molar-refractivity contribution < 1.29 is 9.32 Å².